The molecular formula is C28H38N8O7. The monoisotopic (exact) mass is 598 g/mol. The number of hydrogen-bond donors (Lipinski definition) is 9. The number of carbonyl (C=O) groups excluding carboxylic acids is 4. The number of carboxylic acids is 1. The number of carboxylic acid groups (broad SMARTS) is 1. The average Bonchev–Trinajstić information content (AvgIpc) is 2.94. The van der Waals surface area contributed by atoms with E-state index in [1.54, 1.807) is 30.3 Å². The largest absolute Gasteiger partial charge is 0.508 e. The molecule has 232 valence electrons. The number of aliphatic carboxylic acids is 1. The van der Waals surface area contributed by atoms with Crippen LogP contribution in [0.25, 0.3) is 0 Å². The molecule has 0 saturated carbocycles. The van der Waals surface area contributed by atoms with E-state index in [9.17, 15) is 34.2 Å². The number of nitrogens with two attached hydrogens (primary N) is 4. The van der Waals surface area contributed by atoms with Crippen molar-refractivity contribution in [3.63, 3.8) is 0 Å². The van der Waals surface area contributed by atoms with E-state index in [1.165, 1.54) is 24.3 Å². The number of primary amides is 1. The van der Waals surface area contributed by atoms with E-state index in [4.69, 9.17) is 22.9 Å². The molecule has 2 rings (SSSR count). The van der Waals surface area contributed by atoms with Gasteiger partial charge in [-0.25, -0.2) is 4.79 Å². The van der Waals surface area contributed by atoms with Crippen LogP contribution in [0.3, 0.4) is 0 Å². The van der Waals surface area contributed by atoms with Gasteiger partial charge in [0, 0.05) is 19.4 Å². The lowest BCUT2D eigenvalue weighted by molar-refractivity contribution is -0.142. The fraction of sp³-hybridized carbons (Fsp3) is 0.357. The van der Waals surface area contributed by atoms with E-state index in [0.717, 1.165) is 0 Å². The van der Waals surface area contributed by atoms with Gasteiger partial charge in [0.2, 0.25) is 23.6 Å². The van der Waals surface area contributed by atoms with Crippen molar-refractivity contribution in [1.82, 2.24) is 16.0 Å². The van der Waals surface area contributed by atoms with Gasteiger partial charge in [-0.15, -0.1) is 0 Å². The van der Waals surface area contributed by atoms with Gasteiger partial charge in [-0.05, 0) is 36.1 Å². The van der Waals surface area contributed by atoms with Crippen LogP contribution >= 0.6 is 0 Å². The molecule has 0 aliphatic carbocycles. The van der Waals surface area contributed by atoms with Crippen molar-refractivity contribution in [1.29, 1.82) is 0 Å². The van der Waals surface area contributed by atoms with E-state index < -0.39 is 60.2 Å². The van der Waals surface area contributed by atoms with Crippen LogP contribution in [0.1, 0.15) is 30.4 Å². The third-order valence-corrected chi connectivity index (χ3v) is 6.24. The van der Waals surface area contributed by atoms with Crippen LogP contribution in [0.5, 0.6) is 5.75 Å². The first-order chi connectivity index (χ1) is 20.3. The molecule has 15 nitrogen and oxygen atoms in total. The summed E-state index contributed by atoms with van der Waals surface area (Å²) < 4.78 is 0. The van der Waals surface area contributed by atoms with E-state index >= 15 is 0 Å². The average molecular weight is 599 g/mol. The fourth-order valence-corrected chi connectivity index (χ4v) is 4.03. The summed E-state index contributed by atoms with van der Waals surface area (Å²) in [5.41, 5.74) is 22.8. The van der Waals surface area contributed by atoms with Gasteiger partial charge >= 0.3 is 5.97 Å². The summed E-state index contributed by atoms with van der Waals surface area (Å²) >= 11 is 0. The second kappa shape index (κ2) is 16.9. The molecule has 0 aromatic heterocycles. The van der Waals surface area contributed by atoms with Crippen molar-refractivity contribution in [3.8, 4) is 5.75 Å². The minimum atomic E-state index is -1.35. The number of guanidine groups is 1. The molecular weight excluding hydrogens is 560 g/mol. The summed E-state index contributed by atoms with van der Waals surface area (Å²) in [6.45, 7) is 0.140. The number of phenolic OH excluding ortho intramolecular Hbond substituents is 1. The topological polar surface area (TPSA) is 278 Å². The summed E-state index contributed by atoms with van der Waals surface area (Å²) in [5.74, 6) is -4.63. The Morgan fingerprint density at radius 3 is 1.86 bits per heavy atom. The molecule has 0 spiro atoms. The molecule has 4 unspecified atom stereocenters. The normalized spacial score (nSPS) is 13.4. The molecule has 2 aromatic rings. The van der Waals surface area contributed by atoms with E-state index in [0.29, 0.717) is 11.1 Å². The molecule has 0 aliphatic heterocycles. The molecule has 4 atom stereocenters. The molecule has 0 bridgehead atoms. The van der Waals surface area contributed by atoms with Crippen LogP contribution in [0.15, 0.2) is 59.6 Å². The second-order valence-electron chi connectivity index (χ2n) is 9.81. The zero-order valence-electron chi connectivity index (χ0n) is 23.4. The molecule has 0 aliphatic rings. The van der Waals surface area contributed by atoms with Crippen molar-refractivity contribution < 1.29 is 34.2 Å². The second-order valence-corrected chi connectivity index (χ2v) is 9.81. The Bertz CT molecular complexity index is 1280. The van der Waals surface area contributed by atoms with Crippen LogP contribution in [0, 0.1) is 0 Å². The predicted molar refractivity (Wildman–Crippen MR) is 157 cm³/mol. The predicted octanol–water partition coefficient (Wildman–Crippen LogP) is -2.03. The summed E-state index contributed by atoms with van der Waals surface area (Å²) in [4.78, 5) is 66.5. The maximum atomic E-state index is 13.4. The molecule has 2 aromatic carbocycles. The lowest BCUT2D eigenvalue weighted by Crippen LogP contribution is -2.58. The fourth-order valence-electron chi connectivity index (χ4n) is 4.03. The zero-order valence-corrected chi connectivity index (χ0v) is 23.4. The molecule has 0 fully saturated rings. The number of nitrogens with one attached hydrogen (secondary N) is 3. The molecule has 13 N–H and O–H groups in total. The van der Waals surface area contributed by atoms with Gasteiger partial charge in [0.15, 0.2) is 5.96 Å². The first kappa shape index (κ1) is 34.0. The van der Waals surface area contributed by atoms with Gasteiger partial charge in [0.05, 0.1) is 12.5 Å². The number of nitrogens with zero attached hydrogens (tertiary/aromatic N) is 1. The number of aromatic hydroxyl groups is 1. The maximum absolute atomic E-state index is 13.4. The van der Waals surface area contributed by atoms with Crippen molar-refractivity contribution in [3.05, 3.63) is 65.7 Å². The Labute approximate surface area is 248 Å². The van der Waals surface area contributed by atoms with Gasteiger partial charge in [0.25, 0.3) is 0 Å². The number of hydrogen-bond acceptors (Lipinski definition) is 8. The number of carbonyl (C=O) groups is 5. The van der Waals surface area contributed by atoms with Gasteiger partial charge in [-0.1, -0.05) is 42.5 Å². The zero-order chi connectivity index (χ0) is 31.9. The maximum Gasteiger partial charge on any atom is 0.326 e. The standard InChI is InChI=1S/C28H38N8O7/c29-19(15-23(30)38)24(39)34-20(7-4-12-33-28(31)32)25(40)35-21(13-16-5-2-1-3-6-16)26(41)36-22(27(42)43)14-17-8-10-18(37)11-9-17/h1-3,5-6,8-11,19-22,37H,4,7,12-15,29H2,(H2,30,38)(H,34,39)(H,35,40)(H,36,41)(H,42,43)(H4,31,32,33). The number of aliphatic imine (C=N–C) groups is 1. The Balaban J connectivity index is 2.27. The molecule has 0 saturated heterocycles. The Morgan fingerprint density at radius 2 is 1.28 bits per heavy atom. The Kier molecular flexibility index (Phi) is 13.4. The van der Waals surface area contributed by atoms with E-state index in [-0.39, 0.29) is 43.9 Å². The summed E-state index contributed by atoms with van der Waals surface area (Å²) in [6, 6.07) is 9.44. The highest BCUT2D eigenvalue weighted by Gasteiger charge is 2.31. The first-order valence-corrected chi connectivity index (χ1v) is 13.4. The smallest absolute Gasteiger partial charge is 0.326 e. The van der Waals surface area contributed by atoms with Gasteiger partial charge in [-0.3, -0.25) is 24.2 Å². The highest BCUT2D eigenvalue weighted by molar-refractivity contribution is 5.95. The molecule has 15 heteroatoms. The minimum absolute atomic E-state index is 0.000181. The lowest BCUT2D eigenvalue weighted by atomic mass is 10.0. The van der Waals surface area contributed by atoms with Gasteiger partial charge in [0.1, 0.15) is 23.9 Å². The van der Waals surface area contributed by atoms with Gasteiger partial charge in [-0.2, -0.15) is 0 Å². The highest BCUT2D eigenvalue weighted by Crippen LogP contribution is 2.12. The third-order valence-electron chi connectivity index (χ3n) is 6.24. The molecule has 0 heterocycles. The number of phenols is 1. The van der Waals surface area contributed by atoms with Crippen molar-refractivity contribution in [2.75, 3.05) is 6.54 Å². The van der Waals surface area contributed by atoms with E-state index in [1.807, 2.05) is 0 Å². The number of benzene rings is 2. The summed E-state index contributed by atoms with van der Waals surface area (Å²) in [5, 5.41) is 26.8. The van der Waals surface area contributed by atoms with Crippen LogP contribution in [0.4, 0.5) is 0 Å². The summed E-state index contributed by atoms with van der Waals surface area (Å²) in [6.07, 6.45) is -0.250. The van der Waals surface area contributed by atoms with E-state index in [2.05, 4.69) is 20.9 Å². The molecule has 0 radical (unpaired) electrons. The minimum Gasteiger partial charge on any atom is -0.508 e. The van der Waals surface area contributed by atoms with Crippen LogP contribution in [-0.4, -0.2) is 76.5 Å². The van der Waals surface area contributed by atoms with Crippen LogP contribution in [-0.2, 0) is 36.8 Å². The quantitative estimate of drug-likeness (QED) is 0.0547. The summed E-state index contributed by atoms with van der Waals surface area (Å²) in [7, 11) is 0. The van der Waals surface area contributed by atoms with Crippen molar-refractivity contribution in [2.45, 2.75) is 56.3 Å². The number of amides is 4. The first-order valence-electron chi connectivity index (χ1n) is 13.4. The van der Waals surface area contributed by atoms with Crippen LogP contribution in [0.2, 0.25) is 0 Å². The Morgan fingerprint density at radius 1 is 0.744 bits per heavy atom. The molecule has 43 heavy (non-hydrogen) atoms. The number of rotatable bonds is 17. The van der Waals surface area contributed by atoms with Crippen LogP contribution < -0.4 is 38.9 Å². The molecule has 4 amide bonds. The Hall–Kier alpha value is -5.18. The SMILES string of the molecule is NC(=O)CC(N)C(=O)NC(CCCN=C(N)N)C(=O)NC(Cc1ccccc1)C(=O)NC(Cc1ccc(O)cc1)C(=O)O. The van der Waals surface area contributed by atoms with Crippen molar-refractivity contribution in [2.24, 2.45) is 27.9 Å². The van der Waals surface area contributed by atoms with Crippen molar-refractivity contribution >= 4 is 35.6 Å². The third kappa shape index (κ3) is 12.5. The lowest BCUT2D eigenvalue weighted by Gasteiger charge is -2.25. The van der Waals surface area contributed by atoms with Gasteiger partial charge < -0.3 is 49.1 Å². The highest BCUT2D eigenvalue weighted by atomic mass is 16.4.